The molecule has 1 rings (SSSR count). The average molecular weight is 189 g/mol. The van der Waals surface area contributed by atoms with Crippen LogP contribution >= 0.6 is 0 Å². The highest BCUT2D eigenvalue weighted by Gasteiger charge is 2.09. The van der Waals surface area contributed by atoms with E-state index in [0.29, 0.717) is 6.42 Å². The Balaban J connectivity index is 2.85. The van der Waals surface area contributed by atoms with E-state index in [0.717, 1.165) is 17.5 Å². The van der Waals surface area contributed by atoms with Gasteiger partial charge in [0.15, 0.2) is 0 Å². The summed E-state index contributed by atoms with van der Waals surface area (Å²) in [5.41, 5.74) is 2.04. The molecule has 1 aromatic heterocycles. The number of nitrogens with zero attached hydrogens (tertiary/aromatic N) is 1. The number of pyridine rings is 1. The zero-order valence-corrected chi connectivity index (χ0v) is 8.62. The lowest BCUT2D eigenvalue weighted by atomic mass is 10.0. The highest BCUT2D eigenvalue weighted by Crippen LogP contribution is 2.19. The van der Waals surface area contributed by atoms with E-state index < -0.39 is 6.10 Å². The van der Waals surface area contributed by atoms with Crippen LogP contribution in [0.4, 0.5) is 0 Å². The summed E-state index contributed by atoms with van der Waals surface area (Å²) in [4.78, 5) is 4.03. The van der Waals surface area contributed by atoms with Gasteiger partial charge >= 0.3 is 0 Å². The van der Waals surface area contributed by atoms with Gasteiger partial charge < -0.3 is 5.11 Å². The molecule has 0 radical (unpaired) electrons. The third-order valence-corrected chi connectivity index (χ3v) is 2.15. The number of aliphatic hydroxyl groups excluding tert-OH is 1. The molecule has 0 aromatic carbocycles. The van der Waals surface area contributed by atoms with E-state index >= 15 is 0 Å². The quantitative estimate of drug-likeness (QED) is 0.738. The standard InChI is InChI=1S/C12H15NO/c1-3-5-6-12(14)11-7-8-13-9-10(11)4-2/h7-9,12,14H,4,6H2,1-2H3. The van der Waals surface area contributed by atoms with E-state index in [4.69, 9.17) is 0 Å². The van der Waals surface area contributed by atoms with Crippen LogP contribution in [0.2, 0.25) is 0 Å². The minimum Gasteiger partial charge on any atom is -0.387 e. The number of aromatic nitrogens is 1. The fraction of sp³-hybridized carbons (Fsp3) is 0.417. The fourth-order valence-corrected chi connectivity index (χ4v) is 1.37. The van der Waals surface area contributed by atoms with Gasteiger partial charge in [0.25, 0.3) is 0 Å². The second-order valence-corrected chi connectivity index (χ2v) is 3.07. The van der Waals surface area contributed by atoms with Crippen molar-refractivity contribution in [2.75, 3.05) is 0 Å². The van der Waals surface area contributed by atoms with Gasteiger partial charge in [-0.25, -0.2) is 0 Å². The van der Waals surface area contributed by atoms with Crippen LogP contribution in [0.3, 0.4) is 0 Å². The van der Waals surface area contributed by atoms with Crippen LogP contribution in [0.15, 0.2) is 18.5 Å². The Bertz CT molecular complexity index is 349. The third kappa shape index (κ3) is 2.58. The van der Waals surface area contributed by atoms with Crippen LogP contribution in [0.25, 0.3) is 0 Å². The summed E-state index contributed by atoms with van der Waals surface area (Å²) >= 11 is 0. The summed E-state index contributed by atoms with van der Waals surface area (Å²) < 4.78 is 0. The van der Waals surface area contributed by atoms with E-state index in [1.165, 1.54) is 0 Å². The number of aryl methyl sites for hydroxylation is 1. The van der Waals surface area contributed by atoms with Gasteiger partial charge in [-0.2, -0.15) is 0 Å². The number of aliphatic hydroxyl groups is 1. The van der Waals surface area contributed by atoms with Crippen molar-refractivity contribution in [3.8, 4) is 11.8 Å². The van der Waals surface area contributed by atoms with Crippen molar-refractivity contribution in [2.24, 2.45) is 0 Å². The Morgan fingerprint density at radius 2 is 2.36 bits per heavy atom. The Morgan fingerprint density at radius 1 is 1.57 bits per heavy atom. The van der Waals surface area contributed by atoms with Gasteiger partial charge in [-0.3, -0.25) is 4.98 Å². The molecule has 0 aliphatic heterocycles. The molecule has 1 heterocycles. The highest BCUT2D eigenvalue weighted by molar-refractivity contribution is 5.26. The van der Waals surface area contributed by atoms with Crippen molar-refractivity contribution in [2.45, 2.75) is 32.8 Å². The number of hydrogen-bond acceptors (Lipinski definition) is 2. The molecule has 0 bridgehead atoms. The first-order valence-electron chi connectivity index (χ1n) is 4.80. The second kappa shape index (κ2) is 5.41. The third-order valence-electron chi connectivity index (χ3n) is 2.15. The fourth-order valence-electron chi connectivity index (χ4n) is 1.37. The Hall–Kier alpha value is -1.33. The summed E-state index contributed by atoms with van der Waals surface area (Å²) in [5.74, 6) is 5.66. The SMILES string of the molecule is CC#CCC(O)c1ccncc1CC. The largest absolute Gasteiger partial charge is 0.387 e. The van der Waals surface area contributed by atoms with Crippen molar-refractivity contribution in [1.82, 2.24) is 4.98 Å². The molecule has 0 aliphatic carbocycles. The molecule has 0 fully saturated rings. The molecule has 0 saturated heterocycles. The van der Waals surface area contributed by atoms with E-state index in [1.54, 1.807) is 19.3 Å². The molecule has 1 aromatic rings. The van der Waals surface area contributed by atoms with Gasteiger partial charge in [0.1, 0.15) is 0 Å². The zero-order valence-electron chi connectivity index (χ0n) is 8.62. The Morgan fingerprint density at radius 3 is 3.00 bits per heavy atom. The monoisotopic (exact) mass is 189 g/mol. The van der Waals surface area contributed by atoms with Crippen LogP contribution in [-0.2, 0) is 6.42 Å². The first-order chi connectivity index (χ1) is 6.79. The van der Waals surface area contributed by atoms with Gasteiger partial charge in [0.2, 0.25) is 0 Å². The maximum atomic E-state index is 9.83. The van der Waals surface area contributed by atoms with Crippen molar-refractivity contribution in [1.29, 1.82) is 0 Å². The topological polar surface area (TPSA) is 33.1 Å². The van der Waals surface area contributed by atoms with Crippen molar-refractivity contribution in [3.63, 3.8) is 0 Å². The first-order valence-corrected chi connectivity index (χ1v) is 4.80. The van der Waals surface area contributed by atoms with E-state index in [2.05, 4.69) is 23.7 Å². The molecule has 0 spiro atoms. The van der Waals surface area contributed by atoms with Crippen LogP contribution in [0.5, 0.6) is 0 Å². The molecule has 74 valence electrons. The summed E-state index contributed by atoms with van der Waals surface area (Å²) in [6.45, 7) is 3.83. The van der Waals surface area contributed by atoms with E-state index in [9.17, 15) is 5.11 Å². The molecule has 1 N–H and O–H groups in total. The van der Waals surface area contributed by atoms with Crippen LogP contribution in [0, 0.1) is 11.8 Å². The highest BCUT2D eigenvalue weighted by atomic mass is 16.3. The average Bonchev–Trinajstić information content (AvgIpc) is 2.25. The lowest BCUT2D eigenvalue weighted by molar-refractivity contribution is 0.183. The van der Waals surface area contributed by atoms with Gasteiger partial charge in [-0.15, -0.1) is 11.8 Å². The molecule has 0 aliphatic rings. The van der Waals surface area contributed by atoms with E-state index in [1.807, 2.05) is 6.07 Å². The normalized spacial score (nSPS) is 11.6. The maximum absolute atomic E-state index is 9.83. The minimum absolute atomic E-state index is 0.486. The zero-order chi connectivity index (χ0) is 10.4. The smallest absolute Gasteiger partial charge is 0.0902 e. The molecule has 1 unspecified atom stereocenters. The predicted octanol–water partition coefficient (Wildman–Crippen LogP) is 2.09. The maximum Gasteiger partial charge on any atom is 0.0902 e. The van der Waals surface area contributed by atoms with Crippen LogP contribution in [-0.4, -0.2) is 10.1 Å². The second-order valence-electron chi connectivity index (χ2n) is 3.07. The van der Waals surface area contributed by atoms with Gasteiger partial charge in [-0.05, 0) is 30.5 Å². The van der Waals surface area contributed by atoms with Crippen LogP contribution in [0.1, 0.15) is 37.5 Å². The molecule has 1 atom stereocenters. The first kappa shape index (κ1) is 10.7. The molecule has 2 heteroatoms. The Kier molecular flexibility index (Phi) is 4.15. The van der Waals surface area contributed by atoms with Crippen molar-refractivity contribution < 1.29 is 5.11 Å². The van der Waals surface area contributed by atoms with Gasteiger partial charge in [-0.1, -0.05) is 6.92 Å². The van der Waals surface area contributed by atoms with Crippen molar-refractivity contribution >= 4 is 0 Å². The van der Waals surface area contributed by atoms with E-state index in [-0.39, 0.29) is 0 Å². The molecule has 0 saturated carbocycles. The molecular formula is C12H15NO. The minimum atomic E-state index is -0.486. The number of hydrogen-bond donors (Lipinski definition) is 1. The molecule has 14 heavy (non-hydrogen) atoms. The Labute approximate surface area is 85.0 Å². The molecule has 0 amide bonds. The number of rotatable bonds is 3. The molecule has 2 nitrogen and oxygen atoms in total. The lowest BCUT2D eigenvalue weighted by Gasteiger charge is -2.11. The summed E-state index contributed by atoms with van der Waals surface area (Å²) in [7, 11) is 0. The summed E-state index contributed by atoms with van der Waals surface area (Å²) in [6.07, 6.45) is 4.41. The van der Waals surface area contributed by atoms with Crippen LogP contribution < -0.4 is 0 Å². The lowest BCUT2D eigenvalue weighted by Crippen LogP contribution is -2.01. The summed E-state index contributed by atoms with van der Waals surface area (Å²) in [5, 5.41) is 9.83. The molecular weight excluding hydrogens is 174 g/mol. The predicted molar refractivity (Wildman–Crippen MR) is 56.6 cm³/mol. The van der Waals surface area contributed by atoms with Crippen molar-refractivity contribution in [3.05, 3.63) is 29.6 Å². The summed E-state index contributed by atoms with van der Waals surface area (Å²) in [6, 6.07) is 1.86. The van der Waals surface area contributed by atoms with Gasteiger partial charge in [0, 0.05) is 18.8 Å². The van der Waals surface area contributed by atoms with Gasteiger partial charge in [0.05, 0.1) is 6.10 Å².